The summed E-state index contributed by atoms with van der Waals surface area (Å²) in [4.78, 5) is 11.5. The van der Waals surface area contributed by atoms with Crippen molar-refractivity contribution in [2.24, 2.45) is 5.92 Å². The largest absolute Gasteiger partial charge is 0.391 e. The van der Waals surface area contributed by atoms with E-state index >= 15 is 0 Å². The van der Waals surface area contributed by atoms with Gasteiger partial charge in [0, 0.05) is 12.6 Å². The Kier molecular flexibility index (Phi) is 5.59. The summed E-state index contributed by atoms with van der Waals surface area (Å²) in [6.45, 7) is 6.13. The van der Waals surface area contributed by atoms with E-state index < -0.39 is 6.10 Å². The van der Waals surface area contributed by atoms with Gasteiger partial charge in [0.05, 0.1) is 6.10 Å². The quantitative estimate of drug-likeness (QED) is 0.783. The molecular formula is C15H21NO2. The van der Waals surface area contributed by atoms with Crippen LogP contribution in [0.1, 0.15) is 25.0 Å². The number of rotatable bonds is 5. The van der Waals surface area contributed by atoms with Gasteiger partial charge in [0.2, 0.25) is 5.91 Å². The molecule has 2 N–H and O–H groups in total. The number of hydrogen-bond donors (Lipinski definition) is 2. The second-order valence-electron chi connectivity index (χ2n) is 4.80. The lowest BCUT2D eigenvalue weighted by Crippen LogP contribution is -2.33. The zero-order chi connectivity index (χ0) is 13.5. The fourth-order valence-electron chi connectivity index (χ4n) is 1.45. The van der Waals surface area contributed by atoms with Crippen molar-refractivity contribution >= 4 is 12.0 Å². The molecule has 0 aliphatic carbocycles. The van der Waals surface area contributed by atoms with Crippen molar-refractivity contribution in [3.05, 3.63) is 41.5 Å². The van der Waals surface area contributed by atoms with Crippen LogP contribution in [0.3, 0.4) is 0 Å². The van der Waals surface area contributed by atoms with Crippen LogP contribution >= 0.6 is 0 Å². The summed E-state index contributed by atoms with van der Waals surface area (Å²) in [5, 5.41) is 12.2. The first-order valence-electron chi connectivity index (χ1n) is 6.19. The van der Waals surface area contributed by atoms with Crippen LogP contribution < -0.4 is 5.32 Å². The molecule has 0 saturated carbocycles. The van der Waals surface area contributed by atoms with E-state index in [4.69, 9.17) is 0 Å². The lowest BCUT2D eigenvalue weighted by molar-refractivity contribution is -0.117. The van der Waals surface area contributed by atoms with E-state index in [1.165, 1.54) is 6.08 Å². The second-order valence-corrected chi connectivity index (χ2v) is 4.80. The van der Waals surface area contributed by atoms with Crippen molar-refractivity contribution in [3.63, 3.8) is 0 Å². The number of carbonyl (C=O) groups excluding carboxylic acids is 1. The highest BCUT2D eigenvalue weighted by atomic mass is 16.3. The maximum Gasteiger partial charge on any atom is 0.244 e. The number of hydrogen-bond acceptors (Lipinski definition) is 2. The maximum absolute atomic E-state index is 11.5. The summed E-state index contributed by atoms with van der Waals surface area (Å²) in [5.41, 5.74) is 2.15. The third kappa shape index (κ3) is 5.15. The van der Waals surface area contributed by atoms with Gasteiger partial charge in [0.1, 0.15) is 0 Å². The Morgan fingerprint density at radius 2 is 2.17 bits per heavy atom. The zero-order valence-corrected chi connectivity index (χ0v) is 11.2. The molecule has 0 heterocycles. The van der Waals surface area contributed by atoms with Gasteiger partial charge in [0.25, 0.3) is 0 Å². The van der Waals surface area contributed by atoms with Gasteiger partial charge in [-0.1, -0.05) is 43.7 Å². The zero-order valence-electron chi connectivity index (χ0n) is 11.2. The van der Waals surface area contributed by atoms with Gasteiger partial charge in [-0.05, 0) is 24.5 Å². The van der Waals surface area contributed by atoms with Crippen LogP contribution in [-0.4, -0.2) is 23.7 Å². The predicted molar refractivity (Wildman–Crippen MR) is 74.1 cm³/mol. The predicted octanol–water partition coefficient (Wildman–Crippen LogP) is 2.14. The first-order valence-corrected chi connectivity index (χ1v) is 6.19. The number of aryl methyl sites for hydroxylation is 1. The molecule has 0 saturated heterocycles. The molecule has 0 fully saturated rings. The molecule has 0 spiro atoms. The monoisotopic (exact) mass is 247 g/mol. The first-order chi connectivity index (χ1) is 8.49. The Morgan fingerprint density at radius 3 is 2.78 bits per heavy atom. The highest BCUT2D eigenvalue weighted by molar-refractivity contribution is 5.91. The van der Waals surface area contributed by atoms with Crippen LogP contribution in [0.2, 0.25) is 0 Å². The normalized spacial score (nSPS) is 12.9. The lowest BCUT2D eigenvalue weighted by Gasteiger charge is -2.13. The van der Waals surface area contributed by atoms with Crippen molar-refractivity contribution < 1.29 is 9.90 Å². The smallest absolute Gasteiger partial charge is 0.244 e. The molecular weight excluding hydrogens is 226 g/mol. The van der Waals surface area contributed by atoms with E-state index in [1.54, 1.807) is 6.08 Å². The fourth-order valence-corrected chi connectivity index (χ4v) is 1.45. The third-order valence-corrected chi connectivity index (χ3v) is 2.72. The number of benzene rings is 1. The minimum absolute atomic E-state index is 0.144. The van der Waals surface area contributed by atoms with Crippen LogP contribution in [0.15, 0.2) is 30.3 Å². The topological polar surface area (TPSA) is 49.3 Å². The van der Waals surface area contributed by atoms with Crippen molar-refractivity contribution in [2.75, 3.05) is 6.54 Å². The molecule has 0 aliphatic heterocycles. The number of aliphatic hydroxyl groups excluding tert-OH is 1. The molecule has 1 atom stereocenters. The SMILES string of the molecule is Cc1cccc(/C=C/C(=O)NCC(O)C(C)C)c1. The summed E-state index contributed by atoms with van der Waals surface area (Å²) in [6, 6.07) is 7.92. The molecule has 0 bridgehead atoms. The standard InChI is InChI=1S/C15H21NO2/c1-11(2)14(17)10-16-15(18)8-7-13-6-4-5-12(3)9-13/h4-9,11,14,17H,10H2,1-3H3,(H,16,18)/b8-7+. The van der Waals surface area contributed by atoms with Gasteiger partial charge in [-0.15, -0.1) is 0 Å². The van der Waals surface area contributed by atoms with Gasteiger partial charge in [-0.2, -0.15) is 0 Å². The molecule has 0 aromatic heterocycles. The molecule has 1 aromatic rings. The highest BCUT2D eigenvalue weighted by Crippen LogP contribution is 2.05. The third-order valence-electron chi connectivity index (χ3n) is 2.72. The van der Waals surface area contributed by atoms with E-state index in [1.807, 2.05) is 45.0 Å². The van der Waals surface area contributed by atoms with Gasteiger partial charge >= 0.3 is 0 Å². The minimum atomic E-state index is -0.499. The summed E-state index contributed by atoms with van der Waals surface area (Å²) in [6.07, 6.45) is 2.76. The molecule has 3 nitrogen and oxygen atoms in total. The van der Waals surface area contributed by atoms with Crippen LogP contribution in [0, 0.1) is 12.8 Å². The van der Waals surface area contributed by atoms with Crippen molar-refractivity contribution in [2.45, 2.75) is 26.9 Å². The van der Waals surface area contributed by atoms with Crippen LogP contribution in [0.25, 0.3) is 6.08 Å². The Hall–Kier alpha value is -1.61. The number of nitrogens with one attached hydrogen (secondary N) is 1. The summed E-state index contributed by atoms with van der Waals surface area (Å²) < 4.78 is 0. The second kappa shape index (κ2) is 6.97. The molecule has 3 heteroatoms. The number of aliphatic hydroxyl groups is 1. The van der Waals surface area contributed by atoms with E-state index in [0.29, 0.717) is 0 Å². The molecule has 0 aliphatic rings. The summed E-state index contributed by atoms with van der Waals surface area (Å²) in [7, 11) is 0. The molecule has 1 rings (SSSR count). The van der Waals surface area contributed by atoms with Gasteiger partial charge in [0.15, 0.2) is 0 Å². The molecule has 98 valence electrons. The van der Waals surface area contributed by atoms with Crippen LogP contribution in [0.4, 0.5) is 0 Å². The van der Waals surface area contributed by atoms with Gasteiger partial charge in [-0.3, -0.25) is 4.79 Å². The highest BCUT2D eigenvalue weighted by Gasteiger charge is 2.09. The average molecular weight is 247 g/mol. The van der Waals surface area contributed by atoms with Crippen molar-refractivity contribution in [3.8, 4) is 0 Å². The molecule has 1 amide bonds. The Bertz CT molecular complexity index is 424. The number of amides is 1. The summed E-state index contributed by atoms with van der Waals surface area (Å²) in [5.74, 6) is -0.0396. The van der Waals surface area contributed by atoms with E-state index in [9.17, 15) is 9.90 Å². The minimum Gasteiger partial charge on any atom is -0.391 e. The van der Waals surface area contributed by atoms with Gasteiger partial charge < -0.3 is 10.4 Å². The van der Waals surface area contributed by atoms with Crippen LogP contribution in [0.5, 0.6) is 0 Å². The van der Waals surface area contributed by atoms with Crippen LogP contribution in [-0.2, 0) is 4.79 Å². The Balaban J connectivity index is 2.45. The van der Waals surface area contributed by atoms with E-state index in [-0.39, 0.29) is 18.4 Å². The van der Waals surface area contributed by atoms with E-state index in [2.05, 4.69) is 5.32 Å². The molecule has 0 radical (unpaired) electrons. The van der Waals surface area contributed by atoms with Crippen molar-refractivity contribution in [1.82, 2.24) is 5.32 Å². The molecule has 1 aromatic carbocycles. The first kappa shape index (κ1) is 14.5. The van der Waals surface area contributed by atoms with E-state index in [0.717, 1.165) is 11.1 Å². The summed E-state index contributed by atoms with van der Waals surface area (Å²) >= 11 is 0. The average Bonchev–Trinajstić information content (AvgIpc) is 2.33. The fraction of sp³-hybridized carbons (Fsp3) is 0.400. The van der Waals surface area contributed by atoms with Gasteiger partial charge in [-0.25, -0.2) is 0 Å². The number of carbonyl (C=O) groups is 1. The lowest BCUT2D eigenvalue weighted by atomic mass is 10.1. The molecule has 1 unspecified atom stereocenters. The molecule has 18 heavy (non-hydrogen) atoms. The van der Waals surface area contributed by atoms with Crippen molar-refractivity contribution in [1.29, 1.82) is 0 Å². The Labute approximate surface area is 109 Å². The maximum atomic E-state index is 11.5. The Morgan fingerprint density at radius 1 is 1.44 bits per heavy atom.